The molecule has 4 aromatic rings. The Bertz CT molecular complexity index is 1080. The zero-order valence-corrected chi connectivity index (χ0v) is 15.4. The Morgan fingerprint density at radius 1 is 0.643 bits per heavy atom. The lowest BCUT2D eigenvalue weighted by molar-refractivity contribution is 0.0471. The van der Waals surface area contributed by atoms with Crippen LogP contribution in [0.15, 0.2) is 97.1 Å². The fourth-order valence-electron chi connectivity index (χ4n) is 3.16. The molecule has 0 saturated heterocycles. The van der Waals surface area contributed by atoms with Crippen molar-refractivity contribution in [2.75, 3.05) is 0 Å². The van der Waals surface area contributed by atoms with Crippen LogP contribution in [0, 0.1) is 0 Å². The Morgan fingerprint density at radius 3 is 2.21 bits per heavy atom. The predicted octanol–water partition coefficient (Wildman–Crippen LogP) is 5.78. The third-order valence-electron chi connectivity index (χ3n) is 4.61. The Morgan fingerprint density at radius 2 is 1.32 bits per heavy atom. The molecule has 0 spiro atoms. The number of hydrogen-bond donors (Lipinski definition) is 0. The minimum atomic E-state index is -0.347. The largest absolute Gasteiger partial charge is 0.489 e. The molecule has 0 unspecified atom stereocenters. The van der Waals surface area contributed by atoms with Crippen LogP contribution >= 0.6 is 0 Å². The standard InChI is InChI=1S/C25H20O3/c26-25(28-18-20-12-8-11-19-9-4-6-15-23(19)20)24-16-7-5-10-21(24)17-27-22-13-2-1-3-14-22/h1-16H,17-18H2. The van der Waals surface area contributed by atoms with Crippen molar-refractivity contribution in [1.82, 2.24) is 0 Å². The summed E-state index contributed by atoms with van der Waals surface area (Å²) in [5.41, 5.74) is 2.32. The molecule has 0 heterocycles. The zero-order valence-electron chi connectivity index (χ0n) is 15.4. The van der Waals surface area contributed by atoms with Crippen LogP contribution < -0.4 is 4.74 Å². The molecule has 0 atom stereocenters. The summed E-state index contributed by atoms with van der Waals surface area (Å²) in [4.78, 5) is 12.7. The molecule has 0 N–H and O–H groups in total. The first-order valence-electron chi connectivity index (χ1n) is 9.21. The number of carbonyl (C=O) groups is 1. The summed E-state index contributed by atoms with van der Waals surface area (Å²) in [6, 6.07) is 31.0. The van der Waals surface area contributed by atoms with E-state index in [1.807, 2.05) is 78.9 Å². The van der Waals surface area contributed by atoms with Gasteiger partial charge in [-0.2, -0.15) is 0 Å². The highest BCUT2D eigenvalue weighted by Gasteiger charge is 2.13. The van der Waals surface area contributed by atoms with Crippen LogP contribution in [0.1, 0.15) is 21.5 Å². The van der Waals surface area contributed by atoms with E-state index in [4.69, 9.17) is 9.47 Å². The number of fused-ring (bicyclic) bond motifs is 1. The van der Waals surface area contributed by atoms with E-state index in [0.29, 0.717) is 12.2 Å². The Balaban J connectivity index is 1.47. The lowest BCUT2D eigenvalue weighted by Crippen LogP contribution is -2.10. The van der Waals surface area contributed by atoms with Crippen LogP contribution in [0.5, 0.6) is 5.75 Å². The molecule has 4 rings (SSSR count). The van der Waals surface area contributed by atoms with Crippen LogP contribution in [0.3, 0.4) is 0 Å². The summed E-state index contributed by atoms with van der Waals surface area (Å²) in [6.45, 7) is 0.539. The van der Waals surface area contributed by atoms with Gasteiger partial charge in [0.05, 0.1) is 5.56 Å². The molecule has 3 nitrogen and oxygen atoms in total. The van der Waals surface area contributed by atoms with Crippen molar-refractivity contribution >= 4 is 16.7 Å². The molecule has 28 heavy (non-hydrogen) atoms. The summed E-state index contributed by atoms with van der Waals surface area (Å²) in [5.74, 6) is 0.418. The van der Waals surface area contributed by atoms with Gasteiger partial charge in [0.1, 0.15) is 19.0 Å². The second kappa shape index (κ2) is 8.40. The molecule has 0 aliphatic carbocycles. The molecule has 138 valence electrons. The maximum absolute atomic E-state index is 12.7. The van der Waals surface area contributed by atoms with Crippen molar-refractivity contribution in [3.05, 3.63) is 114 Å². The topological polar surface area (TPSA) is 35.5 Å². The lowest BCUT2D eigenvalue weighted by Gasteiger charge is -2.12. The van der Waals surface area contributed by atoms with Crippen LogP contribution in [0.25, 0.3) is 10.8 Å². The molecule has 0 fully saturated rings. The minimum Gasteiger partial charge on any atom is -0.489 e. The van der Waals surface area contributed by atoms with E-state index in [9.17, 15) is 4.79 Å². The first-order chi connectivity index (χ1) is 13.8. The highest BCUT2D eigenvalue weighted by atomic mass is 16.5. The highest BCUT2D eigenvalue weighted by molar-refractivity contribution is 5.91. The van der Waals surface area contributed by atoms with E-state index in [-0.39, 0.29) is 12.6 Å². The summed E-state index contributed by atoms with van der Waals surface area (Å²) in [6.07, 6.45) is 0. The molecular weight excluding hydrogens is 348 g/mol. The molecule has 0 aliphatic rings. The molecule has 0 aliphatic heterocycles. The van der Waals surface area contributed by atoms with E-state index in [1.54, 1.807) is 6.07 Å². The zero-order chi connectivity index (χ0) is 19.2. The van der Waals surface area contributed by atoms with E-state index < -0.39 is 0 Å². The Hall–Kier alpha value is -3.59. The van der Waals surface area contributed by atoms with Crippen LogP contribution in [0.4, 0.5) is 0 Å². The first kappa shape index (κ1) is 17.8. The van der Waals surface area contributed by atoms with Crippen LogP contribution in [0.2, 0.25) is 0 Å². The third-order valence-corrected chi connectivity index (χ3v) is 4.61. The normalized spacial score (nSPS) is 10.6. The van der Waals surface area contributed by atoms with Crippen molar-refractivity contribution in [2.24, 2.45) is 0 Å². The summed E-state index contributed by atoms with van der Waals surface area (Å²) < 4.78 is 11.4. The van der Waals surface area contributed by atoms with E-state index >= 15 is 0 Å². The van der Waals surface area contributed by atoms with Gasteiger partial charge >= 0.3 is 5.97 Å². The monoisotopic (exact) mass is 368 g/mol. The Labute approximate surface area is 164 Å². The number of hydrogen-bond acceptors (Lipinski definition) is 3. The average molecular weight is 368 g/mol. The quantitative estimate of drug-likeness (QED) is 0.405. The SMILES string of the molecule is O=C(OCc1cccc2ccccc12)c1ccccc1COc1ccccc1. The molecule has 0 aromatic heterocycles. The van der Waals surface area contributed by atoms with Gasteiger partial charge in [0.15, 0.2) is 0 Å². The molecule has 3 heteroatoms. The smallest absolute Gasteiger partial charge is 0.338 e. The lowest BCUT2D eigenvalue weighted by atomic mass is 10.1. The van der Waals surface area contributed by atoms with Crippen molar-refractivity contribution in [1.29, 1.82) is 0 Å². The number of ether oxygens (including phenoxy) is 2. The van der Waals surface area contributed by atoms with Gasteiger partial charge in [-0.3, -0.25) is 0 Å². The molecule has 0 amide bonds. The summed E-state index contributed by atoms with van der Waals surface area (Å²) >= 11 is 0. The van der Waals surface area contributed by atoms with Crippen molar-refractivity contribution in [3.63, 3.8) is 0 Å². The Kier molecular flexibility index (Phi) is 5.34. The maximum atomic E-state index is 12.7. The van der Waals surface area contributed by atoms with Crippen molar-refractivity contribution in [2.45, 2.75) is 13.2 Å². The first-order valence-corrected chi connectivity index (χ1v) is 9.21. The van der Waals surface area contributed by atoms with Gasteiger partial charge in [-0.05, 0) is 34.5 Å². The number of para-hydroxylation sites is 1. The fraction of sp³-hybridized carbons (Fsp3) is 0.0800. The third kappa shape index (κ3) is 4.04. The number of esters is 1. The highest BCUT2D eigenvalue weighted by Crippen LogP contribution is 2.20. The molecular formula is C25H20O3. The predicted molar refractivity (Wildman–Crippen MR) is 110 cm³/mol. The van der Waals surface area contributed by atoms with Gasteiger partial charge < -0.3 is 9.47 Å². The summed E-state index contributed by atoms with van der Waals surface area (Å²) in [7, 11) is 0. The minimum absolute atomic E-state index is 0.230. The second-order valence-corrected chi connectivity index (χ2v) is 6.47. The van der Waals surface area contributed by atoms with Gasteiger partial charge in [0.2, 0.25) is 0 Å². The van der Waals surface area contributed by atoms with E-state index in [1.165, 1.54) is 0 Å². The summed E-state index contributed by atoms with van der Waals surface area (Å²) in [5, 5.41) is 2.23. The van der Waals surface area contributed by atoms with Crippen molar-refractivity contribution in [3.8, 4) is 5.75 Å². The molecule has 0 saturated carbocycles. The molecule has 4 aromatic carbocycles. The van der Waals surface area contributed by atoms with Gasteiger partial charge in [-0.25, -0.2) is 4.79 Å². The number of rotatable bonds is 6. The number of benzene rings is 4. The molecule has 0 bridgehead atoms. The van der Waals surface area contributed by atoms with E-state index in [0.717, 1.165) is 27.6 Å². The van der Waals surface area contributed by atoms with Gasteiger partial charge in [-0.15, -0.1) is 0 Å². The van der Waals surface area contributed by atoms with Gasteiger partial charge in [-0.1, -0.05) is 78.9 Å². The second-order valence-electron chi connectivity index (χ2n) is 6.47. The maximum Gasteiger partial charge on any atom is 0.338 e. The van der Waals surface area contributed by atoms with Crippen LogP contribution in [-0.4, -0.2) is 5.97 Å². The van der Waals surface area contributed by atoms with E-state index in [2.05, 4.69) is 12.1 Å². The van der Waals surface area contributed by atoms with Gasteiger partial charge in [0, 0.05) is 5.56 Å². The van der Waals surface area contributed by atoms with Crippen molar-refractivity contribution < 1.29 is 14.3 Å². The molecule has 0 radical (unpaired) electrons. The van der Waals surface area contributed by atoms with Gasteiger partial charge in [0.25, 0.3) is 0 Å². The fourth-order valence-corrected chi connectivity index (χ4v) is 3.16. The number of carbonyl (C=O) groups excluding carboxylic acids is 1. The van der Waals surface area contributed by atoms with Crippen LogP contribution in [-0.2, 0) is 18.0 Å². The average Bonchev–Trinajstić information content (AvgIpc) is 2.77.